The third-order valence-corrected chi connectivity index (χ3v) is 5.16. The first-order valence-corrected chi connectivity index (χ1v) is 10.6. The summed E-state index contributed by atoms with van der Waals surface area (Å²) in [5, 5.41) is 2.67. The molecule has 0 aliphatic rings. The van der Waals surface area contributed by atoms with Gasteiger partial charge in [0.1, 0.15) is 0 Å². The number of ether oxygens (including phenoxy) is 3. The molecule has 0 spiro atoms. The van der Waals surface area contributed by atoms with E-state index in [2.05, 4.69) is 5.32 Å². The van der Waals surface area contributed by atoms with Crippen molar-refractivity contribution in [2.75, 3.05) is 33.6 Å². The van der Waals surface area contributed by atoms with E-state index in [1.165, 1.54) is 24.3 Å². The van der Waals surface area contributed by atoms with Crippen molar-refractivity contribution in [3.63, 3.8) is 0 Å². The Morgan fingerprint density at radius 3 is 2.21 bits per heavy atom. The van der Waals surface area contributed by atoms with Crippen LogP contribution in [0.5, 0.6) is 11.5 Å². The summed E-state index contributed by atoms with van der Waals surface area (Å²) in [4.78, 5) is 23.9. The molecule has 1 amide bonds. The summed E-state index contributed by atoms with van der Waals surface area (Å²) in [7, 11) is -0.241. The second-order valence-electron chi connectivity index (χ2n) is 6.16. The molecular weight excluding hydrogens is 398 g/mol. The number of hydrogen-bond acceptors (Lipinski definition) is 7. The lowest BCUT2D eigenvalue weighted by atomic mass is 10.1. The lowest BCUT2D eigenvalue weighted by Crippen LogP contribution is -2.30. The van der Waals surface area contributed by atoms with Gasteiger partial charge in [-0.1, -0.05) is 6.07 Å². The van der Waals surface area contributed by atoms with Crippen molar-refractivity contribution in [3.8, 4) is 11.5 Å². The van der Waals surface area contributed by atoms with Crippen LogP contribution < -0.4 is 14.8 Å². The highest BCUT2D eigenvalue weighted by Crippen LogP contribution is 2.27. The van der Waals surface area contributed by atoms with Gasteiger partial charge in [0.2, 0.25) is 0 Å². The molecule has 0 atom stereocenters. The Bertz CT molecular complexity index is 969. The highest BCUT2D eigenvalue weighted by molar-refractivity contribution is 7.90. The molecule has 8 nitrogen and oxygen atoms in total. The van der Waals surface area contributed by atoms with Gasteiger partial charge in [-0.25, -0.2) is 13.2 Å². The van der Waals surface area contributed by atoms with E-state index in [1.54, 1.807) is 20.3 Å². The van der Waals surface area contributed by atoms with Gasteiger partial charge >= 0.3 is 5.97 Å². The molecule has 29 heavy (non-hydrogen) atoms. The third-order valence-electron chi connectivity index (χ3n) is 4.04. The van der Waals surface area contributed by atoms with Gasteiger partial charge in [0, 0.05) is 12.8 Å². The van der Waals surface area contributed by atoms with Crippen LogP contribution in [0.2, 0.25) is 0 Å². The summed E-state index contributed by atoms with van der Waals surface area (Å²) < 4.78 is 38.2. The Hall–Kier alpha value is -3.07. The SMILES string of the molecule is COc1ccc(CCNC(=O)COC(=O)c2ccc(S(C)(=O)=O)cc2)cc1OC. The molecule has 1 N–H and O–H groups in total. The maximum atomic E-state index is 12.0. The maximum absolute atomic E-state index is 12.0. The Morgan fingerprint density at radius 2 is 1.62 bits per heavy atom. The van der Waals surface area contributed by atoms with Crippen LogP contribution in [0.25, 0.3) is 0 Å². The fourth-order valence-corrected chi connectivity index (χ4v) is 3.12. The van der Waals surface area contributed by atoms with Crippen LogP contribution in [0.4, 0.5) is 0 Å². The molecule has 0 heterocycles. The quantitative estimate of drug-likeness (QED) is 0.613. The Kier molecular flexibility index (Phi) is 7.60. The molecule has 0 saturated heterocycles. The zero-order valence-corrected chi connectivity index (χ0v) is 17.2. The average Bonchev–Trinajstić information content (AvgIpc) is 2.71. The number of carbonyl (C=O) groups excluding carboxylic acids is 2. The third kappa shape index (κ3) is 6.49. The van der Waals surface area contributed by atoms with Crippen LogP contribution in [-0.2, 0) is 25.8 Å². The van der Waals surface area contributed by atoms with Crippen LogP contribution in [0.15, 0.2) is 47.4 Å². The van der Waals surface area contributed by atoms with Gasteiger partial charge in [-0.15, -0.1) is 0 Å². The molecule has 0 unspecified atom stereocenters. The van der Waals surface area contributed by atoms with Crippen molar-refractivity contribution < 1.29 is 32.2 Å². The van der Waals surface area contributed by atoms with Gasteiger partial charge < -0.3 is 19.5 Å². The second kappa shape index (κ2) is 9.92. The predicted molar refractivity (Wildman–Crippen MR) is 106 cm³/mol. The predicted octanol–water partition coefficient (Wildman–Crippen LogP) is 1.62. The fourth-order valence-electron chi connectivity index (χ4n) is 2.49. The number of benzene rings is 2. The van der Waals surface area contributed by atoms with Gasteiger partial charge in [-0.05, 0) is 48.4 Å². The van der Waals surface area contributed by atoms with E-state index < -0.39 is 28.3 Å². The van der Waals surface area contributed by atoms with Crippen LogP contribution in [0.3, 0.4) is 0 Å². The van der Waals surface area contributed by atoms with Crippen LogP contribution in [-0.4, -0.2) is 53.9 Å². The van der Waals surface area contributed by atoms with E-state index in [9.17, 15) is 18.0 Å². The minimum atomic E-state index is -3.34. The van der Waals surface area contributed by atoms with E-state index in [-0.39, 0.29) is 10.5 Å². The van der Waals surface area contributed by atoms with E-state index in [0.717, 1.165) is 11.8 Å². The van der Waals surface area contributed by atoms with Crippen LogP contribution in [0, 0.1) is 0 Å². The Morgan fingerprint density at radius 1 is 0.966 bits per heavy atom. The van der Waals surface area contributed by atoms with Crippen molar-refractivity contribution in [3.05, 3.63) is 53.6 Å². The minimum Gasteiger partial charge on any atom is -0.493 e. The number of methoxy groups -OCH3 is 2. The number of sulfone groups is 1. The normalized spacial score (nSPS) is 10.9. The molecule has 0 radical (unpaired) electrons. The number of nitrogens with one attached hydrogen (secondary N) is 1. The summed E-state index contributed by atoms with van der Waals surface area (Å²) in [6.07, 6.45) is 1.64. The molecule has 0 saturated carbocycles. The Labute approximate surface area is 169 Å². The summed E-state index contributed by atoms with van der Waals surface area (Å²) >= 11 is 0. The average molecular weight is 421 g/mol. The fraction of sp³-hybridized carbons (Fsp3) is 0.300. The van der Waals surface area contributed by atoms with E-state index >= 15 is 0 Å². The molecule has 0 bridgehead atoms. The van der Waals surface area contributed by atoms with Gasteiger partial charge in [0.25, 0.3) is 5.91 Å². The largest absolute Gasteiger partial charge is 0.493 e. The lowest BCUT2D eigenvalue weighted by Gasteiger charge is -2.10. The van der Waals surface area contributed by atoms with E-state index in [0.29, 0.717) is 24.5 Å². The molecule has 0 aliphatic heterocycles. The molecular formula is C20H23NO7S. The van der Waals surface area contributed by atoms with Crippen molar-refractivity contribution in [2.45, 2.75) is 11.3 Å². The number of amides is 1. The number of esters is 1. The summed E-state index contributed by atoms with van der Waals surface area (Å²) in [6.45, 7) is -0.0759. The van der Waals surface area contributed by atoms with Gasteiger partial charge in [0.05, 0.1) is 24.7 Å². The second-order valence-corrected chi connectivity index (χ2v) is 8.18. The molecule has 2 rings (SSSR count). The monoisotopic (exact) mass is 421 g/mol. The number of rotatable bonds is 9. The van der Waals surface area contributed by atoms with Crippen molar-refractivity contribution >= 4 is 21.7 Å². The smallest absolute Gasteiger partial charge is 0.338 e. The molecule has 2 aromatic rings. The van der Waals surface area contributed by atoms with E-state index in [4.69, 9.17) is 14.2 Å². The van der Waals surface area contributed by atoms with Crippen molar-refractivity contribution in [2.24, 2.45) is 0 Å². The first-order chi connectivity index (χ1) is 13.7. The number of carbonyl (C=O) groups is 2. The maximum Gasteiger partial charge on any atom is 0.338 e. The van der Waals surface area contributed by atoms with E-state index in [1.807, 2.05) is 12.1 Å². The van der Waals surface area contributed by atoms with Crippen molar-refractivity contribution in [1.82, 2.24) is 5.32 Å². The number of hydrogen-bond donors (Lipinski definition) is 1. The first-order valence-electron chi connectivity index (χ1n) is 8.69. The molecule has 0 aliphatic carbocycles. The highest BCUT2D eigenvalue weighted by Gasteiger charge is 2.12. The Balaban J connectivity index is 1.79. The molecule has 9 heteroatoms. The van der Waals surface area contributed by atoms with Gasteiger partial charge in [0.15, 0.2) is 27.9 Å². The highest BCUT2D eigenvalue weighted by atomic mass is 32.2. The zero-order valence-electron chi connectivity index (χ0n) is 16.4. The standard InChI is InChI=1S/C20H23NO7S/c1-26-17-9-4-14(12-18(17)27-2)10-11-21-19(22)13-28-20(23)15-5-7-16(8-6-15)29(3,24)25/h4-9,12H,10-11,13H2,1-3H3,(H,21,22). The summed E-state index contributed by atoms with van der Waals surface area (Å²) in [6, 6.07) is 10.8. The molecule has 2 aromatic carbocycles. The molecule has 0 fully saturated rings. The summed E-state index contributed by atoms with van der Waals surface area (Å²) in [5.41, 5.74) is 1.11. The van der Waals surface area contributed by atoms with Crippen LogP contribution in [0.1, 0.15) is 15.9 Å². The van der Waals surface area contributed by atoms with Crippen molar-refractivity contribution in [1.29, 1.82) is 0 Å². The molecule has 156 valence electrons. The topological polar surface area (TPSA) is 108 Å². The van der Waals surface area contributed by atoms with Gasteiger partial charge in [-0.2, -0.15) is 0 Å². The lowest BCUT2D eigenvalue weighted by molar-refractivity contribution is -0.124. The zero-order chi connectivity index (χ0) is 21.4. The van der Waals surface area contributed by atoms with Gasteiger partial charge in [-0.3, -0.25) is 4.79 Å². The van der Waals surface area contributed by atoms with Crippen LogP contribution >= 0.6 is 0 Å². The first kappa shape index (κ1) is 22.2. The minimum absolute atomic E-state index is 0.0990. The molecule has 0 aromatic heterocycles. The summed E-state index contributed by atoms with van der Waals surface area (Å²) in [5.74, 6) is 0.0792.